The largest absolute Gasteiger partial charge is 0.336 e. The van der Waals surface area contributed by atoms with E-state index in [1.165, 1.54) is 15.9 Å². The average molecular weight is 448 g/mol. The fourth-order valence-corrected chi connectivity index (χ4v) is 4.86. The van der Waals surface area contributed by atoms with Gasteiger partial charge < -0.3 is 5.32 Å². The van der Waals surface area contributed by atoms with Gasteiger partial charge in [0.1, 0.15) is 11.2 Å². The number of anilines is 1. The van der Waals surface area contributed by atoms with Gasteiger partial charge in [0.15, 0.2) is 0 Å². The van der Waals surface area contributed by atoms with Crippen molar-refractivity contribution < 1.29 is 4.79 Å². The first-order chi connectivity index (χ1) is 15.2. The second-order valence-electron chi connectivity index (χ2n) is 8.23. The molecule has 7 heteroatoms. The molecule has 0 atom stereocenters. The highest BCUT2D eigenvalue weighted by Gasteiger charge is 2.18. The summed E-state index contributed by atoms with van der Waals surface area (Å²) in [5.74, 6) is -0.320. The topological polar surface area (TPSA) is 73.1 Å². The third-order valence-electron chi connectivity index (χ3n) is 5.75. The van der Waals surface area contributed by atoms with Crippen molar-refractivity contribution in [3.05, 3.63) is 90.4 Å². The number of thiophene rings is 1. The maximum Gasteiger partial charge on any atom is 0.336 e. The van der Waals surface area contributed by atoms with Crippen LogP contribution in [0.5, 0.6) is 0 Å². The molecule has 0 spiro atoms. The zero-order valence-electron chi connectivity index (χ0n) is 18.8. The predicted molar refractivity (Wildman–Crippen MR) is 130 cm³/mol. The molecular formula is C25H25N3O3S. The zero-order chi connectivity index (χ0) is 23.2. The van der Waals surface area contributed by atoms with Gasteiger partial charge in [-0.05, 0) is 80.5 Å². The Kier molecular flexibility index (Phi) is 5.60. The minimum absolute atomic E-state index is 0.191. The van der Waals surface area contributed by atoms with Crippen LogP contribution in [0.15, 0.2) is 51.4 Å². The number of nitrogens with zero attached hydrogens (tertiary/aromatic N) is 2. The maximum atomic E-state index is 13.4. The fourth-order valence-electron chi connectivity index (χ4n) is 4.03. The molecule has 0 bridgehead atoms. The van der Waals surface area contributed by atoms with Crippen LogP contribution in [0.2, 0.25) is 0 Å². The van der Waals surface area contributed by atoms with Crippen molar-refractivity contribution >= 4 is 33.1 Å². The standard InChI is InChI=1S/C25H25N3O3S/c1-14-10-17(4)22(18(5)11-14)26-21(29)13-27-20-8-9-32-23(20)24(30)28(25(27)31)19-7-6-15(2)16(3)12-19/h6-12H,13H2,1-5H3,(H,26,29). The molecule has 1 N–H and O–H groups in total. The van der Waals surface area contributed by atoms with Gasteiger partial charge in [0, 0.05) is 5.69 Å². The minimum atomic E-state index is -0.531. The summed E-state index contributed by atoms with van der Waals surface area (Å²) < 4.78 is 2.97. The Morgan fingerprint density at radius 1 is 0.906 bits per heavy atom. The number of carbonyl (C=O) groups excluding carboxylic acids is 1. The van der Waals surface area contributed by atoms with Crippen LogP contribution >= 0.6 is 11.3 Å². The van der Waals surface area contributed by atoms with Gasteiger partial charge in [-0.25, -0.2) is 9.36 Å². The van der Waals surface area contributed by atoms with Crippen molar-refractivity contribution in [3.63, 3.8) is 0 Å². The van der Waals surface area contributed by atoms with Gasteiger partial charge in [-0.3, -0.25) is 14.2 Å². The second-order valence-corrected chi connectivity index (χ2v) is 9.15. The van der Waals surface area contributed by atoms with Gasteiger partial charge in [0.05, 0.1) is 11.2 Å². The van der Waals surface area contributed by atoms with Crippen LogP contribution in [0, 0.1) is 34.6 Å². The molecular weight excluding hydrogens is 422 g/mol. The molecule has 2 aromatic carbocycles. The molecule has 0 radical (unpaired) electrons. The SMILES string of the molecule is Cc1cc(C)c(NC(=O)Cn2c(=O)n(-c3ccc(C)c(C)c3)c(=O)c3sccc32)c(C)c1. The van der Waals surface area contributed by atoms with Crippen LogP contribution < -0.4 is 16.6 Å². The van der Waals surface area contributed by atoms with E-state index in [0.29, 0.717) is 15.9 Å². The van der Waals surface area contributed by atoms with E-state index in [1.807, 2.05) is 58.9 Å². The van der Waals surface area contributed by atoms with E-state index < -0.39 is 5.69 Å². The number of benzene rings is 2. The van der Waals surface area contributed by atoms with E-state index in [1.54, 1.807) is 17.5 Å². The number of amides is 1. The molecule has 0 fully saturated rings. The summed E-state index contributed by atoms with van der Waals surface area (Å²) in [6, 6.07) is 11.2. The van der Waals surface area contributed by atoms with E-state index in [9.17, 15) is 14.4 Å². The molecule has 6 nitrogen and oxygen atoms in total. The normalized spacial score (nSPS) is 11.2. The third kappa shape index (κ3) is 3.80. The minimum Gasteiger partial charge on any atom is -0.324 e. The number of rotatable bonds is 4. The lowest BCUT2D eigenvalue weighted by Gasteiger charge is -2.15. The lowest BCUT2D eigenvalue weighted by Crippen LogP contribution is -2.40. The Bertz CT molecular complexity index is 1470. The molecule has 0 unspecified atom stereocenters. The van der Waals surface area contributed by atoms with Crippen LogP contribution in [-0.2, 0) is 11.3 Å². The Morgan fingerprint density at radius 3 is 2.25 bits per heavy atom. The number of carbonyl (C=O) groups is 1. The van der Waals surface area contributed by atoms with Crippen molar-refractivity contribution in [2.75, 3.05) is 5.32 Å². The summed E-state index contributed by atoms with van der Waals surface area (Å²) in [6.07, 6.45) is 0. The molecule has 0 aliphatic heterocycles. The monoisotopic (exact) mass is 447 g/mol. The average Bonchev–Trinajstić information content (AvgIpc) is 3.21. The quantitative estimate of drug-likeness (QED) is 0.504. The summed E-state index contributed by atoms with van der Waals surface area (Å²) in [5.41, 5.74) is 5.91. The van der Waals surface area contributed by atoms with Crippen LogP contribution in [0.25, 0.3) is 15.9 Å². The number of aryl methyl sites for hydroxylation is 5. The summed E-state index contributed by atoms with van der Waals surface area (Å²) in [6.45, 7) is 9.61. The number of nitrogens with one attached hydrogen (secondary N) is 1. The molecule has 2 heterocycles. The lowest BCUT2D eigenvalue weighted by molar-refractivity contribution is -0.116. The molecule has 0 aliphatic rings. The number of aromatic nitrogens is 2. The van der Waals surface area contributed by atoms with Crippen LogP contribution in [-0.4, -0.2) is 15.0 Å². The second kappa shape index (κ2) is 8.24. The summed E-state index contributed by atoms with van der Waals surface area (Å²) >= 11 is 1.27. The van der Waals surface area contributed by atoms with Crippen LogP contribution in [0.1, 0.15) is 27.8 Å². The zero-order valence-corrected chi connectivity index (χ0v) is 19.6. The van der Waals surface area contributed by atoms with Crippen molar-refractivity contribution in [1.29, 1.82) is 0 Å². The molecule has 0 saturated carbocycles. The first-order valence-electron chi connectivity index (χ1n) is 10.4. The predicted octanol–water partition coefficient (Wildman–Crippen LogP) is 4.39. The fraction of sp³-hybridized carbons (Fsp3) is 0.240. The summed E-state index contributed by atoms with van der Waals surface area (Å²) in [5, 5.41) is 4.71. The third-order valence-corrected chi connectivity index (χ3v) is 6.64. The van der Waals surface area contributed by atoms with Crippen LogP contribution in [0.4, 0.5) is 5.69 Å². The van der Waals surface area contributed by atoms with Gasteiger partial charge in [0.2, 0.25) is 5.91 Å². The van der Waals surface area contributed by atoms with E-state index in [2.05, 4.69) is 5.32 Å². The molecule has 0 saturated heterocycles. The first kappa shape index (κ1) is 21.8. The number of hydrogen-bond acceptors (Lipinski definition) is 4. The molecule has 2 aromatic heterocycles. The van der Waals surface area contributed by atoms with E-state index in [0.717, 1.165) is 38.1 Å². The van der Waals surface area contributed by atoms with Gasteiger partial charge in [-0.15, -0.1) is 11.3 Å². The molecule has 4 aromatic rings. The number of hydrogen-bond donors (Lipinski definition) is 1. The van der Waals surface area contributed by atoms with Crippen molar-refractivity contribution in [1.82, 2.24) is 9.13 Å². The highest BCUT2D eigenvalue weighted by atomic mass is 32.1. The summed E-state index contributed by atoms with van der Waals surface area (Å²) in [4.78, 5) is 39.5. The van der Waals surface area contributed by atoms with Gasteiger partial charge in [-0.2, -0.15) is 0 Å². The lowest BCUT2D eigenvalue weighted by atomic mass is 10.1. The van der Waals surface area contributed by atoms with E-state index in [-0.39, 0.29) is 18.0 Å². The highest BCUT2D eigenvalue weighted by molar-refractivity contribution is 7.17. The smallest absolute Gasteiger partial charge is 0.324 e. The van der Waals surface area contributed by atoms with Gasteiger partial charge in [0.25, 0.3) is 5.56 Å². The van der Waals surface area contributed by atoms with Gasteiger partial charge in [-0.1, -0.05) is 23.8 Å². The van der Waals surface area contributed by atoms with E-state index >= 15 is 0 Å². The molecule has 4 rings (SSSR count). The van der Waals surface area contributed by atoms with Crippen molar-refractivity contribution in [3.8, 4) is 5.69 Å². The van der Waals surface area contributed by atoms with Crippen molar-refractivity contribution in [2.24, 2.45) is 0 Å². The first-order valence-corrected chi connectivity index (χ1v) is 11.2. The molecule has 0 aliphatic carbocycles. The molecule has 1 amide bonds. The maximum absolute atomic E-state index is 13.4. The Morgan fingerprint density at radius 2 is 1.59 bits per heavy atom. The van der Waals surface area contributed by atoms with Crippen molar-refractivity contribution in [2.45, 2.75) is 41.2 Å². The Hall–Kier alpha value is -3.45. The summed E-state index contributed by atoms with van der Waals surface area (Å²) in [7, 11) is 0. The van der Waals surface area contributed by atoms with E-state index in [4.69, 9.17) is 0 Å². The Labute approximate surface area is 189 Å². The Balaban J connectivity index is 1.80. The highest BCUT2D eigenvalue weighted by Crippen LogP contribution is 2.22. The molecule has 164 valence electrons. The van der Waals surface area contributed by atoms with Gasteiger partial charge >= 0.3 is 5.69 Å². The number of fused-ring (bicyclic) bond motifs is 1. The molecule has 32 heavy (non-hydrogen) atoms. The van der Waals surface area contributed by atoms with Crippen LogP contribution in [0.3, 0.4) is 0 Å².